The Morgan fingerprint density at radius 3 is 2.59 bits per heavy atom. The van der Waals surface area contributed by atoms with Gasteiger partial charge in [-0.25, -0.2) is 13.6 Å². The average molecular weight is 278 g/mol. The van der Waals surface area contributed by atoms with Crippen LogP contribution < -0.4 is 9.88 Å². The highest BCUT2D eigenvalue weighted by atomic mass is 35.5. The second kappa shape index (κ2) is 5.71. The maximum absolute atomic E-state index is 11.3. The second-order valence-corrected chi connectivity index (χ2v) is 6.13. The van der Waals surface area contributed by atoms with Crippen molar-refractivity contribution >= 4 is 21.6 Å². The van der Waals surface area contributed by atoms with Crippen LogP contribution in [0.3, 0.4) is 0 Å². The number of rotatable bonds is 5. The number of hydrogen-bond donors (Lipinski definition) is 1. The number of halogens is 1. The van der Waals surface area contributed by atoms with E-state index in [1.807, 2.05) is 0 Å². The molecule has 1 rings (SSSR count). The van der Waals surface area contributed by atoms with Gasteiger partial charge in [0.2, 0.25) is 10.0 Å². The summed E-state index contributed by atoms with van der Waals surface area (Å²) in [7, 11) is -3.82. The van der Waals surface area contributed by atoms with E-state index in [1.54, 1.807) is 6.07 Å². The van der Waals surface area contributed by atoms with Crippen LogP contribution in [0.5, 0.6) is 5.75 Å². The van der Waals surface area contributed by atoms with Crippen LogP contribution in [-0.2, 0) is 10.0 Å². The maximum Gasteiger partial charge on any atom is 0.241 e. The van der Waals surface area contributed by atoms with E-state index in [4.69, 9.17) is 21.5 Å². The standard InChI is InChI=1S/C11H16ClNO3S/c1-8(2)5-6-16-10-4-3-9(12)7-11(10)17(13,14)15/h3-4,7-8H,5-6H2,1-2H3,(H2,13,14,15). The van der Waals surface area contributed by atoms with Crippen molar-refractivity contribution < 1.29 is 13.2 Å². The largest absolute Gasteiger partial charge is 0.492 e. The number of nitrogens with two attached hydrogens (primary N) is 1. The summed E-state index contributed by atoms with van der Waals surface area (Å²) < 4.78 is 28.1. The lowest BCUT2D eigenvalue weighted by molar-refractivity contribution is 0.283. The number of sulfonamides is 1. The van der Waals surface area contributed by atoms with Gasteiger partial charge in [-0.1, -0.05) is 25.4 Å². The first kappa shape index (κ1) is 14.3. The number of ether oxygens (including phenoxy) is 1. The molecule has 0 aliphatic carbocycles. The van der Waals surface area contributed by atoms with E-state index in [9.17, 15) is 8.42 Å². The molecule has 4 nitrogen and oxygen atoms in total. The quantitative estimate of drug-likeness (QED) is 0.898. The van der Waals surface area contributed by atoms with E-state index in [0.717, 1.165) is 6.42 Å². The Morgan fingerprint density at radius 2 is 2.06 bits per heavy atom. The van der Waals surface area contributed by atoms with Crippen molar-refractivity contribution in [3.8, 4) is 5.75 Å². The van der Waals surface area contributed by atoms with E-state index in [0.29, 0.717) is 17.5 Å². The summed E-state index contributed by atoms with van der Waals surface area (Å²) in [6, 6.07) is 4.38. The second-order valence-electron chi connectivity index (χ2n) is 4.17. The van der Waals surface area contributed by atoms with Gasteiger partial charge < -0.3 is 4.74 Å². The summed E-state index contributed by atoms with van der Waals surface area (Å²) >= 11 is 5.73. The fourth-order valence-corrected chi connectivity index (χ4v) is 2.16. The van der Waals surface area contributed by atoms with Gasteiger partial charge in [0.05, 0.1) is 6.61 Å². The molecule has 0 unspecified atom stereocenters. The van der Waals surface area contributed by atoms with Crippen LogP contribution in [0.15, 0.2) is 23.1 Å². The molecule has 0 spiro atoms. The molecule has 1 aromatic carbocycles. The minimum Gasteiger partial charge on any atom is -0.492 e. The molecule has 0 aromatic heterocycles. The van der Waals surface area contributed by atoms with Gasteiger partial charge in [0.1, 0.15) is 10.6 Å². The summed E-state index contributed by atoms with van der Waals surface area (Å²) in [6.45, 7) is 4.57. The smallest absolute Gasteiger partial charge is 0.241 e. The monoisotopic (exact) mass is 277 g/mol. The van der Waals surface area contributed by atoms with Crippen molar-refractivity contribution in [3.05, 3.63) is 23.2 Å². The Hall–Kier alpha value is -0.780. The number of hydrogen-bond acceptors (Lipinski definition) is 3. The highest BCUT2D eigenvalue weighted by molar-refractivity contribution is 7.89. The van der Waals surface area contributed by atoms with Crippen molar-refractivity contribution in [2.45, 2.75) is 25.2 Å². The highest BCUT2D eigenvalue weighted by Crippen LogP contribution is 2.26. The molecule has 0 amide bonds. The van der Waals surface area contributed by atoms with E-state index >= 15 is 0 Å². The molecule has 2 N–H and O–H groups in total. The van der Waals surface area contributed by atoms with Gasteiger partial charge in [0.25, 0.3) is 0 Å². The minimum absolute atomic E-state index is 0.0752. The van der Waals surface area contributed by atoms with Gasteiger partial charge >= 0.3 is 0 Å². The van der Waals surface area contributed by atoms with E-state index in [1.165, 1.54) is 12.1 Å². The Morgan fingerprint density at radius 1 is 1.41 bits per heavy atom. The first-order valence-corrected chi connectivity index (χ1v) is 7.18. The third kappa shape index (κ3) is 4.53. The lowest BCUT2D eigenvalue weighted by Gasteiger charge is -2.11. The van der Waals surface area contributed by atoms with Gasteiger partial charge in [-0.15, -0.1) is 0 Å². The van der Waals surface area contributed by atoms with Crippen LogP contribution in [0.4, 0.5) is 0 Å². The van der Waals surface area contributed by atoms with E-state index in [-0.39, 0.29) is 10.6 Å². The zero-order valence-electron chi connectivity index (χ0n) is 9.81. The molecular formula is C11H16ClNO3S. The lowest BCUT2D eigenvalue weighted by Crippen LogP contribution is -2.14. The third-order valence-electron chi connectivity index (χ3n) is 2.17. The molecule has 96 valence electrons. The fraction of sp³-hybridized carbons (Fsp3) is 0.455. The lowest BCUT2D eigenvalue weighted by atomic mass is 10.1. The zero-order valence-corrected chi connectivity index (χ0v) is 11.4. The van der Waals surface area contributed by atoms with E-state index < -0.39 is 10.0 Å². The van der Waals surface area contributed by atoms with Crippen molar-refractivity contribution in [2.75, 3.05) is 6.61 Å². The molecule has 0 fully saturated rings. The summed E-state index contributed by atoms with van der Waals surface area (Å²) in [5.74, 6) is 0.734. The Kier molecular flexibility index (Phi) is 4.80. The molecule has 0 atom stereocenters. The van der Waals surface area contributed by atoms with Crippen molar-refractivity contribution in [3.63, 3.8) is 0 Å². The summed E-state index contributed by atoms with van der Waals surface area (Å²) in [5.41, 5.74) is 0. The average Bonchev–Trinajstić information content (AvgIpc) is 2.18. The van der Waals surface area contributed by atoms with Crippen LogP contribution in [0, 0.1) is 5.92 Å². The Labute approximate surface area is 107 Å². The van der Waals surface area contributed by atoms with Crippen molar-refractivity contribution in [1.29, 1.82) is 0 Å². The van der Waals surface area contributed by atoms with Gasteiger partial charge in [-0.3, -0.25) is 0 Å². The summed E-state index contributed by atoms with van der Waals surface area (Å²) in [6.07, 6.45) is 0.840. The van der Waals surface area contributed by atoms with E-state index in [2.05, 4.69) is 13.8 Å². The molecule has 0 radical (unpaired) electrons. The molecule has 1 aromatic rings. The molecule has 0 saturated heterocycles. The molecule has 17 heavy (non-hydrogen) atoms. The summed E-state index contributed by atoms with van der Waals surface area (Å²) in [5, 5.41) is 5.40. The van der Waals surface area contributed by atoms with Gasteiger partial charge in [0, 0.05) is 5.02 Å². The molecular weight excluding hydrogens is 262 g/mol. The van der Waals surface area contributed by atoms with Crippen LogP contribution in [0.1, 0.15) is 20.3 Å². The summed E-state index contributed by atoms with van der Waals surface area (Å²) in [4.78, 5) is -0.0752. The first-order valence-electron chi connectivity index (χ1n) is 5.26. The topological polar surface area (TPSA) is 69.4 Å². The van der Waals surface area contributed by atoms with Crippen molar-refractivity contribution in [1.82, 2.24) is 0 Å². The zero-order chi connectivity index (χ0) is 13.1. The maximum atomic E-state index is 11.3. The normalized spacial score (nSPS) is 11.8. The van der Waals surface area contributed by atoms with Crippen LogP contribution >= 0.6 is 11.6 Å². The molecule has 0 bridgehead atoms. The predicted molar refractivity (Wildman–Crippen MR) is 67.8 cm³/mol. The minimum atomic E-state index is -3.82. The van der Waals surface area contributed by atoms with Crippen LogP contribution in [-0.4, -0.2) is 15.0 Å². The van der Waals surface area contributed by atoms with Crippen molar-refractivity contribution in [2.24, 2.45) is 11.1 Å². The third-order valence-corrected chi connectivity index (χ3v) is 3.33. The Bertz CT molecular complexity index is 485. The van der Waals surface area contributed by atoms with Crippen LogP contribution in [0.2, 0.25) is 5.02 Å². The van der Waals surface area contributed by atoms with Gasteiger partial charge in [-0.2, -0.15) is 0 Å². The number of benzene rings is 1. The molecule has 0 heterocycles. The SMILES string of the molecule is CC(C)CCOc1ccc(Cl)cc1S(N)(=O)=O. The molecule has 0 aliphatic rings. The predicted octanol–water partition coefficient (Wildman–Crippen LogP) is 2.41. The number of primary sulfonamides is 1. The molecule has 0 saturated carbocycles. The molecule has 0 aliphatic heterocycles. The highest BCUT2D eigenvalue weighted by Gasteiger charge is 2.15. The van der Waals surface area contributed by atoms with Gasteiger partial charge in [-0.05, 0) is 30.5 Å². The fourth-order valence-electron chi connectivity index (χ4n) is 1.23. The van der Waals surface area contributed by atoms with Crippen LogP contribution in [0.25, 0.3) is 0 Å². The van der Waals surface area contributed by atoms with Gasteiger partial charge in [0.15, 0.2) is 0 Å². The Balaban J connectivity index is 2.92. The first-order chi connectivity index (χ1) is 7.80. The molecule has 6 heteroatoms.